The normalized spacial score (nSPS) is 12.4. The van der Waals surface area contributed by atoms with E-state index < -0.39 is 10.8 Å². The molecule has 1 heterocycles. The lowest BCUT2D eigenvalue weighted by molar-refractivity contribution is 0.181. The van der Waals surface area contributed by atoms with E-state index in [-0.39, 0.29) is 5.56 Å². The first-order valence-electron chi connectivity index (χ1n) is 5.93. The predicted molar refractivity (Wildman–Crippen MR) is 80.1 cm³/mol. The zero-order chi connectivity index (χ0) is 14.3. The van der Waals surface area contributed by atoms with Crippen LogP contribution in [0.25, 0.3) is 0 Å². The Morgan fingerprint density at radius 2 is 2.32 bits per heavy atom. The topological polar surface area (TPSA) is 73.2 Å². The van der Waals surface area contributed by atoms with E-state index in [0.717, 1.165) is 0 Å². The molecule has 1 aromatic heterocycles. The maximum atomic E-state index is 11.9. The number of ether oxygens (including phenoxy) is 1. The minimum Gasteiger partial charge on any atom is -0.383 e. The maximum Gasteiger partial charge on any atom is 0.283 e. The number of aromatic nitrogens is 2. The summed E-state index contributed by atoms with van der Waals surface area (Å²) in [6.45, 7) is 3.27. The number of hydrogen-bond acceptors (Lipinski definition) is 5. The van der Waals surface area contributed by atoms with Crippen molar-refractivity contribution in [2.45, 2.75) is 13.5 Å². The molecule has 0 aliphatic carbocycles. The van der Waals surface area contributed by atoms with Crippen LogP contribution < -0.4 is 10.9 Å². The smallest absolute Gasteiger partial charge is 0.283 e. The van der Waals surface area contributed by atoms with Gasteiger partial charge in [-0.05, 0) is 15.9 Å². The molecule has 0 saturated carbocycles. The second-order valence-corrected chi connectivity index (χ2v) is 6.41. The molecule has 6 nitrogen and oxygen atoms in total. The van der Waals surface area contributed by atoms with Crippen LogP contribution in [-0.2, 0) is 22.1 Å². The molecule has 1 atom stereocenters. The van der Waals surface area contributed by atoms with Crippen molar-refractivity contribution >= 4 is 32.4 Å². The summed E-state index contributed by atoms with van der Waals surface area (Å²) in [5, 5.41) is 7.11. The van der Waals surface area contributed by atoms with Crippen LogP contribution in [0.3, 0.4) is 0 Å². The highest BCUT2D eigenvalue weighted by Crippen LogP contribution is 2.15. The average molecular weight is 352 g/mol. The fraction of sp³-hybridized carbons (Fsp3) is 0.636. The Morgan fingerprint density at radius 3 is 2.95 bits per heavy atom. The van der Waals surface area contributed by atoms with E-state index in [1.165, 1.54) is 4.68 Å². The SMILES string of the molecule is CCS(=O)CCNc1cnn(CCOC)c(=O)c1Br. The first-order chi connectivity index (χ1) is 9.10. The molecule has 1 rings (SSSR count). The summed E-state index contributed by atoms with van der Waals surface area (Å²) in [6.07, 6.45) is 1.58. The van der Waals surface area contributed by atoms with Crippen molar-refractivity contribution in [2.24, 2.45) is 0 Å². The van der Waals surface area contributed by atoms with E-state index in [1.807, 2.05) is 6.92 Å². The van der Waals surface area contributed by atoms with E-state index >= 15 is 0 Å². The van der Waals surface area contributed by atoms with Gasteiger partial charge >= 0.3 is 0 Å². The number of rotatable bonds is 8. The highest BCUT2D eigenvalue weighted by atomic mass is 79.9. The van der Waals surface area contributed by atoms with Crippen molar-refractivity contribution in [3.8, 4) is 0 Å². The molecule has 0 bridgehead atoms. The second-order valence-electron chi connectivity index (χ2n) is 3.75. The summed E-state index contributed by atoms with van der Waals surface area (Å²) in [7, 11) is 0.754. The van der Waals surface area contributed by atoms with Gasteiger partial charge in [0.25, 0.3) is 5.56 Å². The lowest BCUT2D eigenvalue weighted by Crippen LogP contribution is -2.26. The van der Waals surface area contributed by atoms with Gasteiger partial charge in [-0.2, -0.15) is 5.10 Å². The van der Waals surface area contributed by atoms with Gasteiger partial charge in [-0.15, -0.1) is 0 Å². The predicted octanol–water partition coefficient (Wildman–Crippen LogP) is 0.833. The van der Waals surface area contributed by atoms with Crippen LogP contribution in [0.1, 0.15) is 6.92 Å². The van der Waals surface area contributed by atoms with Gasteiger partial charge < -0.3 is 10.1 Å². The molecule has 0 aromatic carbocycles. The van der Waals surface area contributed by atoms with Crippen molar-refractivity contribution in [1.29, 1.82) is 0 Å². The van der Waals surface area contributed by atoms with Gasteiger partial charge in [0.1, 0.15) is 4.47 Å². The highest BCUT2D eigenvalue weighted by molar-refractivity contribution is 9.10. The Labute approximate surface area is 123 Å². The van der Waals surface area contributed by atoms with Crippen LogP contribution in [0, 0.1) is 0 Å². The minimum absolute atomic E-state index is 0.210. The van der Waals surface area contributed by atoms with Crippen LogP contribution in [0.5, 0.6) is 0 Å². The molecule has 8 heteroatoms. The van der Waals surface area contributed by atoms with Crippen molar-refractivity contribution in [3.05, 3.63) is 21.0 Å². The first kappa shape index (κ1) is 16.3. The van der Waals surface area contributed by atoms with Crippen molar-refractivity contribution < 1.29 is 8.95 Å². The van der Waals surface area contributed by atoms with Crippen molar-refractivity contribution in [3.63, 3.8) is 0 Å². The van der Waals surface area contributed by atoms with Gasteiger partial charge in [0.2, 0.25) is 0 Å². The lowest BCUT2D eigenvalue weighted by Gasteiger charge is -2.10. The Hall–Kier alpha value is -0.730. The zero-order valence-corrected chi connectivity index (χ0v) is 13.4. The van der Waals surface area contributed by atoms with Gasteiger partial charge in [-0.25, -0.2) is 4.68 Å². The van der Waals surface area contributed by atoms with E-state index in [4.69, 9.17) is 4.74 Å². The number of nitrogens with zero attached hydrogens (tertiary/aromatic N) is 2. The van der Waals surface area contributed by atoms with Gasteiger partial charge in [-0.3, -0.25) is 9.00 Å². The molecule has 0 aliphatic rings. The minimum atomic E-state index is -0.819. The van der Waals surface area contributed by atoms with Crippen LogP contribution in [-0.4, -0.2) is 45.8 Å². The Morgan fingerprint density at radius 1 is 1.58 bits per heavy atom. The largest absolute Gasteiger partial charge is 0.383 e. The average Bonchev–Trinajstić information content (AvgIpc) is 2.42. The molecule has 0 saturated heterocycles. The maximum absolute atomic E-state index is 11.9. The molecule has 0 aliphatic heterocycles. The fourth-order valence-corrected chi connectivity index (χ4v) is 2.43. The Kier molecular flexibility index (Phi) is 7.25. The van der Waals surface area contributed by atoms with Gasteiger partial charge in [-0.1, -0.05) is 6.92 Å². The van der Waals surface area contributed by atoms with E-state index in [1.54, 1.807) is 13.3 Å². The molecule has 1 aromatic rings. The molecule has 0 fully saturated rings. The number of halogens is 1. The van der Waals surface area contributed by atoms with Crippen LogP contribution in [0.15, 0.2) is 15.5 Å². The van der Waals surface area contributed by atoms with Crippen molar-refractivity contribution in [2.75, 3.05) is 37.1 Å². The number of nitrogens with one attached hydrogen (secondary N) is 1. The molecule has 0 amide bonds. The van der Waals surface area contributed by atoms with Gasteiger partial charge in [0, 0.05) is 36.0 Å². The lowest BCUT2D eigenvalue weighted by atomic mass is 10.4. The third-order valence-corrected chi connectivity index (χ3v) is 4.53. The van der Waals surface area contributed by atoms with Gasteiger partial charge in [0.15, 0.2) is 0 Å². The number of methoxy groups -OCH3 is 1. The molecular formula is C11H18BrN3O3S. The molecule has 1 N–H and O–H groups in total. The van der Waals surface area contributed by atoms with Crippen LogP contribution >= 0.6 is 15.9 Å². The summed E-state index contributed by atoms with van der Waals surface area (Å²) in [5.41, 5.74) is 0.408. The molecule has 0 radical (unpaired) electrons. The number of anilines is 1. The molecule has 0 spiro atoms. The van der Waals surface area contributed by atoms with Crippen molar-refractivity contribution in [1.82, 2.24) is 9.78 Å². The standard InChI is InChI=1S/C11H18BrN3O3S/c1-3-19(17)7-4-13-9-8-14-15(5-6-18-2)11(16)10(9)12/h8,13H,3-7H2,1-2H3. The third kappa shape index (κ3) is 5.04. The van der Waals surface area contributed by atoms with E-state index in [0.29, 0.717) is 41.4 Å². The summed E-state index contributed by atoms with van der Waals surface area (Å²) >= 11 is 3.25. The molecule has 19 heavy (non-hydrogen) atoms. The molecule has 108 valence electrons. The van der Waals surface area contributed by atoms with Crippen LogP contribution in [0.2, 0.25) is 0 Å². The monoisotopic (exact) mass is 351 g/mol. The summed E-state index contributed by atoms with van der Waals surface area (Å²) < 4.78 is 18.0. The Bertz CT molecular complexity index is 493. The molecule has 1 unspecified atom stereocenters. The van der Waals surface area contributed by atoms with E-state index in [2.05, 4.69) is 26.3 Å². The summed E-state index contributed by atoms with van der Waals surface area (Å²) in [6, 6.07) is 0. The zero-order valence-electron chi connectivity index (χ0n) is 11.0. The number of hydrogen-bond donors (Lipinski definition) is 1. The second kappa shape index (κ2) is 8.44. The quantitative estimate of drug-likeness (QED) is 0.750. The third-order valence-electron chi connectivity index (χ3n) is 2.46. The van der Waals surface area contributed by atoms with E-state index in [9.17, 15) is 9.00 Å². The fourth-order valence-electron chi connectivity index (χ4n) is 1.37. The highest BCUT2D eigenvalue weighted by Gasteiger charge is 2.08. The summed E-state index contributed by atoms with van der Waals surface area (Å²) in [4.78, 5) is 11.9. The Balaban J connectivity index is 2.68. The molecular weight excluding hydrogens is 334 g/mol. The summed E-state index contributed by atoms with van der Waals surface area (Å²) in [5.74, 6) is 1.19. The van der Waals surface area contributed by atoms with Crippen LogP contribution in [0.4, 0.5) is 5.69 Å². The first-order valence-corrected chi connectivity index (χ1v) is 8.21. The van der Waals surface area contributed by atoms with Gasteiger partial charge in [0.05, 0.1) is 25.0 Å².